The first-order chi connectivity index (χ1) is 8.18. The van der Waals surface area contributed by atoms with E-state index in [-0.39, 0.29) is 11.5 Å². The van der Waals surface area contributed by atoms with E-state index in [1.165, 1.54) is 12.1 Å². The van der Waals surface area contributed by atoms with Crippen molar-refractivity contribution in [3.8, 4) is 0 Å². The van der Waals surface area contributed by atoms with Gasteiger partial charge in [0.25, 0.3) is 0 Å². The Labute approximate surface area is 100 Å². The van der Waals surface area contributed by atoms with Gasteiger partial charge in [0, 0.05) is 12.5 Å². The van der Waals surface area contributed by atoms with Gasteiger partial charge in [0.05, 0.1) is 11.7 Å². The molecule has 1 heterocycles. The van der Waals surface area contributed by atoms with E-state index >= 15 is 0 Å². The number of aromatic carboxylic acids is 1. The van der Waals surface area contributed by atoms with E-state index in [1.54, 1.807) is 12.1 Å². The zero-order chi connectivity index (χ0) is 12.3. The maximum Gasteiger partial charge on any atom is 0.335 e. The molecule has 4 heteroatoms. The van der Waals surface area contributed by atoms with Crippen LogP contribution < -0.4 is 5.32 Å². The third kappa shape index (κ3) is 2.84. The molecule has 4 nitrogen and oxygen atoms in total. The fourth-order valence-electron chi connectivity index (χ4n) is 2.24. The van der Waals surface area contributed by atoms with Crippen molar-refractivity contribution in [1.29, 1.82) is 0 Å². The Bertz CT molecular complexity index is 382. The lowest BCUT2D eigenvalue weighted by Crippen LogP contribution is -2.33. The minimum atomic E-state index is -0.939. The molecule has 1 aliphatic rings. The first-order valence-corrected chi connectivity index (χ1v) is 5.90. The Hall–Kier alpha value is -1.39. The van der Waals surface area contributed by atoms with Crippen molar-refractivity contribution in [1.82, 2.24) is 5.32 Å². The second-order valence-corrected chi connectivity index (χ2v) is 4.48. The molecular formula is C13H17NO3. The van der Waals surface area contributed by atoms with Crippen LogP contribution in [0.3, 0.4) is 0 Å². The Kier molecular flexibility index (Phi) is 3.76. The first-order valence-electron chi connectivity index (χ1n) is 5.90. The number of aliphatic hydroxyl groups is 1. The molecule has 0 aromatic heterocycles. The molecule has 3 N–H and O–H groups in total. The van der Waals surface area contributed by atoms with Gasteiger partial charge >= 0.3 is 5.97 Å². The monoisotopic (exact) mass is 235 g/mol. The van der Waals surface area contributed by atoms with Crippen molar-refractivity contribution in [2.24, 2.45) is 5.92 Å². The quantitative estimate of drug-likeness (QED) is 0.741. The van der Waals surface area contributed by atoms with Crippen LogP contribution in [0.4, 0.5) is 0 Å². The standard InChI is InChI=1S/C13H17NO3/c15-12(11-2-1-7-14-8-11)9-3-5-10(6-4-9)13(16)17/h3-6,11-12,14-15H,1-2,7-8H2,(H,16,17). The van der Waals surface area contributed by atoms with E-state index in [2.05, 4.69) is 5.32 Å². The third-order valence-electron chi connectivity index (χ3n) is 3.28. The summed E-state index contributed by atoms with van der Waals surface area (Å²) in [5.41, 5.74) is 1.05. The van der Waals surface area contributed by atoms with Gasteiger partial charge in [0.15, 0.2) is 0 Å². The molecule has 2 atom stereocenters. The van der Waals surface area contributed by atoms with Gasteiger partial charge in [-0.1, -0.05) is 12.1 Å². The van der Waals surface area contributed by atoms with Crippen LogP contribution in [0.2, 0.25) is 0 Å². The summed E-state index contributed by atoms with van der Waals surface area (Å²) in [5, 5.41) is 22.2. The predicted octanol–water partition coefficient (Wildman–Crippen LogP) is 1.42. The van der Waals surface area contributed by atoms with Crippen LogP contribution >= 0.6 is 0 Å². The van der Waals surface area contributed by atoms with Crippen LogP contribution in [0.25, 0.3) is 0 Å². The largest absolute Gasteiger partial charge is 0.478 e. The maximum absolute atomic E-state index is 10.7. The summed E-state index contributed by atoms with van der Waals surface area (Å²) in [6.07, 6.45) is 1.58. The molecule has 0 spiro atoms. The topological polar surface area (TPSA) is 69.6 Å². The second-order valence-electron chi connectivity index (χ2n) is 4.48. The van der Waals surface area contributed by atoms with Crippen LogP contribution in [0.1, 0.15) is 34.9 Å². The van der Waals surface area contributed by atoms with Gasteiger partial charge in [-0.25, -0.2) is 4.79 Å². The maximum atomic E-state index is 10.7. The molecule has 0 radical (unpaired) electrons. The van der Waals surface area contributed by atoms with E-state index in [4.69, 9.17) is 5.11 Å². The Morgan fingerprint density at radius 1 is 1.35 bits per heavy atom. The molecule has 1 fully saturated rings. The van der Waals surface area contributed by atoms with Gasteiger partial charge in [0.1, 0.15) is 0 Å². The number of carboxylic acid groups (broad SMARTS) is 1. The van der Waals surface area contributed by atoms with Gasteiger partial charge in [-0.05, 0) is 37.1 Å². The predicted molar refractivity (Wildman–Crippen MR) is 64.0 cm³/mol. The van der Waals surface area contributed by atoms with Crippen LogP contribution in [-0.2, 0) is 0 Å². The fourth-order valence-corrected chi connectivity index (χ4v) is 2.24. The molecule has 1 aromatic carbocycles. The summed E-state index contributed by atoms with van der Waals surface area (Å²) >= 11 is 0. The van der Waals surface area contributed by atoms with Gasteiger partial charge in [0.2, 0.25) is 0 Å². The number of hydrogen-bond donors (Lipinski definition) is 3. The minimum Gasteiger partial charge on any atom is -0.478 e. The molecule has 1 aromatic rings. The van der Waals surface area contributed by atoms with E-state index < -0.39 is 12.1 Å². The van der Waals surface area contributed by atoms with Gasteiger partial charge in [-0.3, -0.25) is 0 Å². The molecule has 17 heavy (non-hydrogen) atoms. The van der Waals surface area contributed by atoms with Crippen LogP contribution in [0.15, 0.2) is 24.3 Å². The van der Waals surface area contributed by atoms with E-state index in [0.29, 0.717) is 0 Å². The lowest BCUT2D eigenvalue weighted by atomic mass is 9.89. The first kappa shape index (κ1) is 12.1. The molecule has 2 rings (SSSR count). The SMILES string of the molecule is O=C(O)c1ccc(C(O)C2CCCNC2)cc1. The number of carbonyl (C=O) groups is 1. The molecule has 0 bridgehead atoms. The highest BCUT2D eigenvalue weighted by Crippen LogP contribution is 2.27. The lowest BCUT2D eigenvalue weighted by Gasteiger charge is -2.27. The third-order valence-corrected chi connectivity index (χ3v) is 3.28. The summed E-state index contributed by atoms with van der Waals surface area (Å²) in [5.74, 6) is -0.718. The van der Waals surface area contributed by atoms with Crippen molar-refractivity contribution in [2.75, 3.05) is 13.1 Å². The minimum absolute atomic E-state index is 0.222. The Morgan fingerprint density at radius 3 is 2.59 bits per heavy atom. The number of aliphatic hydroxyl groups excluding tert-OH is 1. The summed E-state index contributed by atoms with van der Waals surface area (Å²) in [7, 11) is 0. The van der Waals surface area contributed by atoms with Crippen LogP contribution in [0.5, 0.6) is 0 Å². The average Bonchev–Trinajstić information content (AvgIpc) is 2.39. The van der Waals surface area contributed by atoms with E-state index in [1.807, 2.05) is 0 Å². The smallest absolute Gasteiger partial charge is 0.335 e. The molecule has 2 unspecified atom stereocenters. The number of nitrogens with one attached hydrogen (secondary N) is 1. The van der Waals surface area contributed by atoms with Crippen molar-refractivity contribution in [3.63, 3.8) is 0 Å². The molecule has 1 saturated heterocycles. The Balaban J connectivity index is 2.07. The van der Waals surface area contributed by atoms with Gasteiger partial charge < -0.3 is 15.5 Å². The lowest BCUT2D eigenvalue weighted by molar-refractivity contribution is 0.0696. The normalized spacial score (nSPS) is 22.1. The van der Waals surface area contributed by atoms with E-state index in [0.717, 1.165) is 31.5 Å². The molecule has 1 aliphatic heterocycles. The number of carboxylic acids is 1. The number of rotatable bonds is 3. The number of piperidine rings is 1. The average molecular weight is 235 g/mol. The summed E-state index contributed by atoms with van der Waals surface area (Å²) in [6.45, 7) is 1.84. The number of hydrogen-bond acceptors (Lipinski definition) is 3. The zero-order valence-corrected chi connectivity index (χ0v) is 9.60. The molecule has 92 valence electrons. The van der Waals surface area contributed by atoms with Gasteiger partial charge in [-0.2, -0.15) is 0 Å². The van der Waals surface area contributed by atoms with Crippen molar-refractivity contribution < 1.29 is 15.0 Å². The van der Waals surface area contributed by atoms with Crippen molar-refractivity contribution in [3.05, 3.63) is 35.4 Å². The zero-order valence-electron chi connectivity index (χ0n) is 9.60. The van der Waals surface area contributed by atoms with Crippen molar-refractivity contribution in [2.45, 2.75) is 18.9 Å². The van der Waals surface area contributed by atoms with E-state index in [9.17, 15) is 9.90 Å². The highest BCUT2D eigenvalue weighted by Gasteiger charge is 2.22. The highest BCUT2D eigenvalue weighted by atomic mass is 16.4. The fraction of sp³-hybridized carbons (Fsp3) is 0.462. The Morgan fingerprint density at radius 2 is 2.06 bits per heavy atom. The van der Waals surface area contributed by atoms with Gasteiger partial charge in [-0.15, -0.1) is 0 Å². The summed E-state index contributed by atoms with van der Waals surface area (Å²) in [6, 6.07) is 6.47. The molecule has 0 aliphatic carbocycles. The van der Waals surface area contributed by atoms with Crippen LogP contribution in [0, 0.1) is 5.92 Å². The molecular weight excluding hydrogens is 218 g/mol. The summed E-state index contributed by atoms with van der Waals surface area (Å²) in [4.78, 5) is 10.7. The highest BCUT2D eigenvalue weighted by molar-refractivity contribution is 5.87. The molecule has 0 saturated carbocycles. The van der Waals surface area contributed by atoms with Crippen LogP contribution in [-0.4, -0.2) is 29.3 Å². The molecule has 0 amide bonds. The second kappa shape index (κ2) is 5.29. The van der Waals surface area contributed by atoms with Crippen molar-refractivity contribution >= 4 is 5.97 Å². The summed E-state index contributed by atoms with van der Waals surface area (Å²) < 4.78 is 0. The number of benzene rings is 1.